The fourth-order valence-corrected chi connectivity index (χ4v) is 7.66. The average Bonchev–Trinajstić information content (AvgIpc) is 3.84. The van der Waals surface area contributed by atoms with Crippen molar-refractivity contribution < 1.29 is 18.7 Å². The molecule has 0 bridgehead atoms. The van der Waals surface area contributed by atoms with E-state index in [4.69, 9.17) is 9.72 Å². The molecule has 1 aromatic carbocycles. The molecule has 54 heavy (non-hydrogen) atoms. The second kappa shape index (κ2) is 15.8. The molecule has 0 N–H and O–H groups in total. The Labute approximate surface area is 315 Å². The number of halogens is 1. The third kappa shape index (κ3) is 7.57. The maximum absolute atomic E-state index is 14.4. The first-order valence-electron chi connectivity index (χ1n) is 18.8. The van der Waals surface area contributed by atoms with Gasteiger partial charge in [-0.15, -0.1) is 5.10 Å². The Kier molecular flexibility index (Phi) is 10.7. The van der Waals surface area contributed by atoms with Crippen LogP contribution in [-0.2, 0) is 24.3 Å². The molecule has 2 aliphatic heterocycles. The molecule has 0 spiro atoms. The fraction of sp³-hybridized carbons (Fsp3) is 0.415. The number of benzene rings is 1. The number of piperazine rings is 1. The molecule has 5 aromatic rings. The molecule has 0 radical (unpaired) electrons. The van der Waals surface area contributed by atoms with E-state index in [1.807, 2.05) is 39.8 Å². The van der Waals surface area contributed by atoms with E-state index in [0.29, 0.717) is 75.3 Å². The molecular weight excluding hydrogens is 686 g/mol. The molecule has 2 amide bonds. The first kappa shape index (κ1) is 36.8. The molecule has 0 saturated carbocycles. The molecule has 2 aliphatic rings. The number of aryl methyl sites for hydroxylation is 3. The number of hydrogen-bond acceptors (Lipinski definition) is 8. The van der Waals surface area contributed by atoms with E-state index in [2.05, 4.69) is 58.8 Å². The molecule has 282 valence electrons. The van der Waals surface area contributed by atoms with Crippen molar-refractivity contribution in [1.29, 1.82) is 0 Å². The van der Waals surface area contributed by atoms with Gasteiger partial charge >= 0.3 is 0 Å². The molecular formula is C41H48FN9O3. The molecule has 1 fully saturated rings. The second-order valence-electron chi connectivity index (χ2n) is 14.5. The average molecular weight is 734 g/mol. The van der Waals surface area contributed by atoms with Crippen LogP contribution in [0.25, 0.3) is 27.6 Å². The lowest BCUT2D eigenvalue weighted by Gasteiger charge is -2.36. The molecule has 4 aromatic heterocycles. The number of aromatic nitrogens is 6. The minimum atomic E-state index is -0.457. The SMILES string of the molecule is CCc1nc(C)ccc1-c1cc(C(=O)N2CCN(c3ncc(F)cc3OC)CC2)cc2cc(C3=CCCN(C(=O)CCn4ccnn4)C3)n(CC(C)C)c12. The van der Waals surface area contributed by atoms with Gasteiger partial charge < -0.3 is 24.0 Å². The maximum atomic E-state index is 14.4. The zero-order chi connectivity index (χ0) is 37.9. The molecule has 12 nitrogen and oxygen atoms in total. The summed E-state index contributed by atoms with van der Waals surface area (Å²) in [5, 5.41) is 8.85. The summed E-state index contributed by atoms with van der Waals surface area (Å²) in [5.41, 5.74) is 7.75. The van der Waals surface area contributed by atoms with Gasteiger partial charge in [0.15, 0.2) is 11.6 Å². The second-order valence-corrected chi connectivity index (χ2v) is 14.5. The topological polar surface area (TPSA) is 115 Å². The lowest BCUT2D eigenvalue weighted by atomic mass is 9.96. The maximum Gasteiger partial charge on any atom is 0.254 e. The number of pyridine rings is 2. The number of methoxy groups -OCH3 is 1. The third-order valence-corrected chi connectivity index (χ3v) is 10.3. The molecule has 6 heterocycles. The zero-order valence-corrected chi connectivity index (χ0v) is 31.8. The lowest BCUT2D eigenvalue weighted by Crippen LogP contribution is -2.49. The van der Waals surface area contributed by atoms with Gasteiger partial charge in [-0.05, 0) is 55.5 Å². The van der Waals surface area contributed by atoms with Crippen LogP contribution in [-0.4, -0.2) is 97.5 Å². The van der Waals surface area contributed by atoms with E-state index in [0.717, 1.165) is 64.1 Å². The summed E-state index contributed by atoms with van der Waals surface area (Å²) in [6, 6.07) is 11.8. The van der Waals surface area contributed by atoms with Gasteiger partial charge in [0.2, 0.25) is 5.91 Å². The van der Waals surface area contributed by atoms with Crippen LogP contribution in [0.15, 0.2) is 61.1 Å². The van der Waals surface area contributed by atoms with Crippen molar-refractivity contribution in [2.45, 2.75) is 60.0 Å². The van der Waals surface area contributed by atoms with Crippen LogP contribution in [0, 0.1) is 18.7 Å². The standard InChI is InChI=1S/C41H48FN9O3/c1-6-35-33(10-9-28(4)45-35)34-21-31(41(53)48-18-16-47(17-19-48)40-37(54-5)23-32(42)24-43-40)20-30-22-36(51(39(30)34)25-27(2)3)29-8-7-13-49(26-29)38(52)11-14-50-15-12-44-46-50/h8-10,12,15,20-24,27H,6-7,11,13-14,16-19,25-26H2,1-5H3. The summed E-state index contributed by atoms with van der Waals surface area (Å²) < 4.78 is 23.3. The van der Waals surface area contributed by atoms with Gasteiger partial charge in [0.25, 0.3) is 5.91 Å². The van der Waals surface area contributed by atoms with Crippen LogP contribution in [0.2, 0.25) is 0 Å². The number of anilines is 1. The third-order valence-electron chi connectivity index (χ3n) is 10.3. The molecule has 0 atom stereocenters. The predicted molar refractivity (Wildman–Crippen MR) is 207 cm³/mol. The van der Waals surface area contributed by atoms with Crippen molar-refractivity contribution in [2.75, 3.05) is 51.3 Å². The first-order chi connectivity index (χ1) is 26.1. The zero-order valence-electron chi connectivity index (χ0n) is 31.8. The molecule has 1 saturated heterocycles. The van der Waals surface area contributed by atoms with Crippen molar-refractivity contribution in [3.63, 3.8) is 0 Å². The highest BCUT2D eigenvalue weighted by Crippen LogP contribution is 2.38. The highest BCUT2D eigenvalue weighted by molar-refractivity contribution is 6.05. The van der Waals surface area contributed by atoms with Gasteiger partial charge in [-0.25, -0.2) is 9.37 Å². The van der Waals surface area contributed by atoms with E-state index < -0.39 is 5.82 Å². The summed E-state index contributed by atoms with van der Waals surface area (Å²) in [6.07, 6.45) is 8.69. The molecule has 13 heteroatoms. The Morgan fingerprint density at radius 3 is 2.54 bits per heavy atom. The summed E-state index contributed by atoms with van der Waals surface area (Å²) in [6.45, 7) is 13.0. The van der Waals surface area contributed by atoms with Gasteiger partial charge in [0.1, 0.15) is 5.82 Å². The predicted octanol–water partition coefficient (Wildman–Crippen LogP) is 6.03. The van der Waals surface area contributed by atoms with E-state index >= 15 is 0 Å². The van der Waals surface area contributed by atoms with Crippen LogP contribution >= 0.6 is 0 Å². The highest BCUT2D eigenvalue weighted by Gasteiger charge is 2.28. The van der Waals surface area contributed by atoms with Crippen molar-refractivity contribution in [2.24, 2.45) is 5.92 Å². The number of nitrogens with zero attached hydrogens (tertiary/aromatic N) is 9. The van der Waals surface area contributed by atoms with Crippen molar-refractivity contribution in [3.8, 4) is 16.9 Å². The quantitative estimate of drug-likeness (QED) is 0.162. The van der Waals surface area contributed by atoms with Crippen LogP contribution in [0.1, 0.15) is 61.1 Å². The van der Waals surface area contributed by atoms with Crippen molar-refractivity contribution >= 4 is 34.1 Å². The number of ether oxygens (including phenoxy) is 1. The van der Waals surface area contributed by atoms with E-state index in [-0.39, 0.29) is 11.8 Å². The van der Waals surface area contributed by atoms with Gasteiger partial charge in [-0.3, -0.25) is 19.3 Å². The number of fused-ring (bicyclic) bond motifs is 1. The van der Waals surface area contributed by atoms with Crippen LogP contribution < -0.4 is 9.64 Å². The van der Waals surface area contributed by atoms with Gasteiger partial charge in [0.05, 0.1) is 31.6 Å². The summed E-state index contributed by atoms with van der Waals surface area (Å²) in [7, 11) is 1.50. The van der Waals surface area contributed by atoms with Crippen LogP contribution in [0.5, 0.6) is 5.75 Å². The smallest absolute Gasteiger partial charge is 0.254 e. The van der Waals surface area contributed by atoms with E-state index in [9.17, 15) is 14.0 Å². The lowest BCUT2D eigenvalue weighted by molar-refractivity contribution is -0.131. The normalized spacial score (nSPS) is 14.9. The fourth-order valence-electron chi connectivity index (χ4n) is 7.66. The number of amides is 2. The van der Waals surface area contributed by atoms with Gasteiger partial charge in [-0.2, -0.15) is 0 Å². The van der Waals surface area contributed by atoms with Crippen LogP contribution in [0.3, 0.4) is 0 Å². The monoisotopic (exact) mass is 733 g/mol. The van der Waals surface area contributed by atoms with Crippen molar-refractivity contribution in [1.82, 2.24) is 39.3 Å². The minimum absolute atomic E-state index is 0.0471. The Morgan fingerprint density at radius 1 is 1.00 bits per heavy atom. The van der Waals surface area contributed by atoms with Crippen LogP contribution in [0.4, 0.5) is 10.2 Å². The number of carbonyl (C=O) groups excluding carboxylic acids is 2. The Balaban J connectivity index is 1.25. The summed E-state index contributed by atoms with van der Waals surface area (Å²) in [4.78, 5) is 42.9. The van der Waals surface area contributed by atoms with Gasteiger partial charge in [-0.1, -0.05) is 38.1 Å². The molecule has 0 unspecified atom stereocenters. The van der Waals surface area contributed by atoms with E-state index in [1.54, 1.807) is 17.1 Å². The Hall–Kier alpha value is -5.59. The summed E-state index contributed by atoms with van der Waals surface area (Å²) >= 11 is 0. The highest BCUT2D eigenvalue weighted by atomic mass is 19.1. The van der Waals surface area contributed by atoms with E-state index in [1.165, 1.54) is 19.4 Å². The molecule has 7 rings (SSSR count). The number of hydrogen-bond donors (Lipinski definition) is 0. The largest absolute Gasteiger partial charge is 0.493 e. The van der Waals surface area contributed by atoms with Crippen molar-refractivity contribution in [3.05, 3.63) is 89.5 Å². The number of rotatable bonds is 11. The molecule has 0 aliphatic carbocycles. The van der Waals surface area contributed by atoms with Gasteiger partial charge in [0, 0.05) is 104 Å². The number of carbonyl (C=O) groups is 2. The Bertz CT molecular complexity index is 2190. The summed E-state index contributed by atoms with van der Waals surface area (Å²) in [5.74, 6) is 0.862. The first-order valence-corrected chi connectivity index (χ1v) is 18.8. The minimum Gasteiger partial charge on any atom is -0.493 e. The Morgan fingerprint density at radius 2 is 1.81 bits per heavy atom.